The second-order valence-corrected chi connectivity index (χ2v) is 10.4. The summed E-state index contributed by atoms with van der Waals surface area (Å²) in [7, 11) is 0. The Hall–Kier alpha value is -2.69. The number of fused-ring (bicyclic) bond motifs is 1. The van der Waals surface area contributed by atoms with Crippen molar-refractivity contribution in [2.45, 2.75) is 108 Å². The van der Waals surface area contributed by atoms with E-state index in [1.54, 1.807) is 12.4 Å². The van der Waals surface area contributed by atoms with Crippen LogP contribution in [0.4, 0.5) is 0 Å². The molecular formula is C24H39N5O6. The Bertz CT molecular complexity index is 835. The van der Waals surface area contributed by atoms with Crippen LogP contribution in [-0.2, 0) is 24.0 Å². The van der Waals surface area contributed by atoms with Crippen molar-refractivity contribution in [2.75, 3.05) is 6.54 Å². The van der Waals surface area contributed by atoms with E-state index in [4.69, 9.17) is 5.21 Å². The molecule has 11 nitrogen and oxygen atoms in total. The van der Waals surface area contributed by atoms with Gasteiger partial charge in [-0.2, -0.15) is 0 Å². The zero-order valence-corrected chi connectivity index (χ0v) is 20.7. The summed E-state index contributed by atoms with van der Waals surface area (Å²) in [5.74, 6) is -1.65. The number of hydrogen-bond acceptors (Lipinski definition) is 6. The van der Waals surface area contributed by atoms with Crippen molar-refractivity contribution in [3.05, 3.63) is 0 Å². The summed E-state index contributed by atoms with van der Waals surface area (Å²) in [4.78, 5) is 66.0. The summed E-state index contributed by atoms with van der Waals surface area (Å²) >= 11 is 0. The fourth-order valence-corrected chi connectivity index (χ4v) is 5.60. The quantitative estimate of drug-likeness (QED) is 0.206. The molecule has 0 aromatic carbocycles. The molecule has 0 aromatic heterocycles. The Morgan fingerprint density at radius 3 is 2.54 bits per heavy atom. The van der Waals surface area contributed by atoms with E-state index in [2.05, 4.69) is 16.0 Å². The molecule has 2 heterocycles. The highest BCUT2D eigenvalue weighted by Gasteiger charge is 2.46. The maximum atomic E-state index is 13.5. The predicted molar refractivity (Wildman–Crippen MR) is 126 cm³/mol. The Balaban J connectivity index is 1.82. The molecule has 35 heavy (non-hydrogen) atoms. The van der Waals surface area contributed by atoms with Crippen LogP contribution < -0.4 is 21.4 Å². The van der Waals surface area contributed by atoms with Gasteiger partial charge in [-0.1, -0.05) is 32.6 Å². The highest BCUT2D eigenvalue weighted by Crippen LogP contribution is 2.33. The first kappa shape index (κ1) is 26.9. The minimum Gasteiger partial charge on any atom is -0.343 e. The van der Waals surface area contributed by atoms with Crippen LogP contribution in [0, 0.1) is 5.92 Å². The summed E-state index contributed by atoms with van der Waals surface area (Å²) in [6.45, 7) is 4.10. The molecule has 5 amide bonds. The number of amides is 5. The van der Waals surface area contributed by atoms with Crippen LogP contribution in [0.2, 0.25) is 0 Å². The number of nitrogens with zero attached hydrogens (tertiary/aromatic N) is 1. The third-order valence-corrected chi connectivity index (χ3v) is 7.51. The molecular weight excluding hydrogens is 454 g/mol. The summed E-state index contributed by atoms with van der Waals surface area (Å²) in [6.07, 6.45) is 6.07. The second-order valence-electron chi connectivity index (χ2n) is 10.4. The third-order valence-electron chi connectivity index (χ3n) is 7.51. The average molecular weight is 494 g/mol. The summed E-state index contributed by atoms with van der Waals surface area (Å²) in [5, 5.41) is 17.3. The molecule has 3 fully saturated rings. The predicted octanol–water partition coefficient (Wildman–Crippen LogP) is 0.502. The molecule has 0 bridgehead atoms. The standard InChI is InChI=1S/C24H39N5O6/c1-15-8-6-12-24(14-15)23(34)25-16(2)22(33)29-13-7-10-18(29)21(32)26-17(20(31)27-24)9-4-3-5-11-19(30)28-35/h15-18,35H,3-14H2,1-2H3,(H,25,34)(H,26,32)(H,27,31)(H,28,30)/t15?,16-,17-,18+,24?/m0/s1. The van der Waals surface area contributed by atoms with Gasteiger partial charge in [-0.05, 0) is 51.4 Å². The van der Waals surface area contributed by atoms with Gasteiger partial charge in [0.05, 0.1) is 0 Å². The van der Waals surface area contributed by atoms with E-state index in [-0.39, 0.29) is 30.1 Å². The number of carbonyl (C=O) groups is 5. The SMILES string of the molecule is CC1CCCC2(C1)NC(=O)[C@H](CCCCCC(=O)NO)NC(=O)[C@H]1CCCN1C(=O)[C@H](C)NC2=O. The Labute approximate surface area is 206 Å². The number of hydrogen-bond donors (Lipinski definition) is 5. The lowest BCUT2D eigenvalue weighted by Crippen LogP contribution is -2.67. The molecule has 2 aliphatic heterocycles. The van der Waals surface area contributed by atoms with Crippen molar-refractivity contribution < 1.29 is 29.2 Å². The lowest BCUT2D eigenvalue weighted by molar-refractivity contribution is -0.145. The van der Waals surface area contributed by atoms with Crippen molar-refractivity contribution in [2.24, 2.45) is 5.92 Å². The second kappa shape index (κ2) is 11.8. The Morgan fingerprint density at radius 2 is 1.83 bits per heavy atom. The maximum Gasteiger partial charge on any atom is 0.246 e. The normalized spacial score (nSPS) is 32.1. The molecule has 5 atom stereocenters. The van der Waals surface area contributed by atoms with Gasteiger partial charge in [0.15, 0.2) is 0 Å². The van der Waals surface area contributed by atoms with E-state index in [0.29, 0.717) is 57.9 Å². The molecule has 3 rings (SSSR count). The lowest BCUT2D eigenvalue weighted by atomic mass is 9.75. The molecule has 0 radical (unpaired) electrons. The van der Waals surface area contributed by atoms with E-state index >= 15 is 0 Å². The molecule has 1 aliphatic carbocycles. The fourth-order valence-electron chi connectivity index (χ4n) is 5.60. The first-order chi connectivity index (χ1) is 16.7. The highest BCUT2D eigenvalue weighted by atomic mass is 16.5. The maximum absolute atomic E-state index is 13.5. The van der Waals surface area contributed by atoms with Crippen LogP contribution in [0.15, 0.2) is 0 Å². The van der Waals surface area contributed by atoms with E-state index in [1.165, 1.54) is 4.90 Å². The van der Waals surface area contributed by atoms with Gasteiger partial charge in [0.2, 0.25) is 29.5 Å². The average Bonchev–Trinajstić information content (AvgIpc) is 3.31. The molecule has 11 heteroatoms. The van der Waals surface area contributed by atoms with Crippen molar-refractivity contribution in [1.82, 2.24) is 26.3 Å². The number of rotatable bonds is 6. The largest absolute Gasteiger partial charge is 0.343 e. The molecule has 5 N–H and O–H groups in total. The zero-order chi connectivity index (χ0) is 25.6. The van der Waals surface area contributed by atoms with Crippen LogP contribution >= 0.6 is 0 Å². The van der Waals surface area contributed by atoms with E-state index in [9.17, 15) is 24.0 Å². The number of nitrogens with one attached hydrogen (secondary N) is 4. The molecule has 1 saturated carbocycles. The monoisotopic (exact) mass is 493 g/mol. The van der Waals surface area contributed by atoms with E-state index in [1.807, 2.05) is 6.92 Å². The van der Waals surface area contributed by atoms with Gasteiger partial charge >= 0.3 is 0 Å². The van der Waals surface area contributed by atoms with Crippen LogP contribution in [0.3, 0.4) is 0 Å². The minimum atomic E-state index is -1.13. The van der Waals surface area contributed by atoms with E-state index < -0.39 is 35.5 Å². The van der Waals surface area contributed by atoms with Gasteiger partial charge < -0.3 is 20.9 Å². The topological polar surface area (TPSA) is 157 Å². The molecule has 3 aliphatic rings. The van der Waals surface area contributed by atoms with Crippen molar-refractivity contribution >= 4 is 29.5 Å². The first-order valence-electron chi connectivity index (χ1n) is 12.8. The van der Waals surface area contributed by atoms with Gasteiger partial charge in [-0.15, -0.1) is 0 Å². The summed E-state index contributed by atoms with van der Waals surface area (Å²) < 4.78 is 0. The smallest absolute Gasteiger partial charge is 0.246 e. The summed E-state index contributed by atoms with van der Waals surface area (Å²) in [5.41, 5.74) is 0.466. The van der Waals surface area contributed by atoms with Crippen molar-refractivity contribution in [1.29, 1.82) is 0 Å². The van der Waals surface area contributed by atoms with Gasteiger partial charge in [0.25, 0.3) is 0 Å². The number of carbonyl (C=O) groups excluding carboxylic acids is 5. The number of unbranched alkanes of at least 4 members (excludes halogenated alkanes) is 2. The highest BCUT2D eigenvalue weighted by molar-refractivity contribution is 5.99. The first-order valence-corrected chi connectivity index (χ1v) is 12.8. The van der Waals surface area contributed by atoms with Gasteiger partial charge in [0.1, 0.15) is 23.7 Å². The van der Waals surface area contributed by atoms with Crippen molar-refractivity contribution in [3.63, 3.8) is 0 Å². The Kier molecular flexibility index (Phi) is 9.09. The van der Waals surface area contributed by atoms with Gasteiger partial charge in [-0.25, -0.2) is 5.48 Å². The minimum absolute atomic E-state index is 0.165. The van der Waals surface area contributed by atoms with Gasteiger partial charge in [0, 0.05) is 13.0 Å². The fraction of sp³-hybridized carbons (Fsp3) is 0.792. The Morgan fingerprint density at radius 1 is 1.06 bits per heavy atom. The van der Waals surface area contributed by atoms with Crippen LogP contribution in [-0.4, -0.2) is 69.9 Å². The molecule has 2 unspecified atom stereocenters. The number of hydroxylamine groups is 1. The third kappa shape index (κ3) is 6.50. The lowest BCUT2D eigenvalue weighted by Gasteiger charge is -2.41. The van der Waals surface area contributed by atoms with Crippen molar-refractivity contribution in [3.8, 4) is 0 Å². The molecule has 0 aromatic rings. The van der Waals surface area contributed by atoms with E-state index in [0.717, 1.165) is 12.8 Å². The van der Waals surface area contributed by atoms with Gasteiger partial charge in [-0.3, -0.25) is 29.2 Å². The van der Waals surface area contributed by atoms with Crippen LogP contribution in [0.25, 0.3) is 0 Å². The molecule has 1 spiro atoms. The zero-order valence-electron chi connectivity index (χ0n) is 20.7. The summed E-state index contributed by atoms with van der Waals surface area (Å²) in [6, 6.07) is -2.33. The molecule has 2 saturated heterocycles. The van der Waals surface area contributed by atoms with Crippen LogP contribution in [0.5, 0.6) is 0 Å². The molecule has 196 valence electrons. The van der Waals surface area contributed by atoms with Crippen LogP contribution in [0.1, 0.15) is 84.5 Å².